The predicted octanol–water partition coefficient (Wildman–Crippen LogP) is 1.61. The van der Waals surface area contributed by atoms with Gasteiger partial charge in [-0.1, -0.05) is 13.3 Å². The first-order valence-corrected chi connectivity index (χ1v) is 7.94. The fraction of sp³-hybridized carbons (Fsp3) is 0.867. The number of aliphatic carboxylic acids is 1. The van der Waals surface area contributed by atoms with Crippen LogP contribution in [0.3, 0.4) is 0 Å². The van der Waals surface area contributed by atoms with Gasteiger partial charge >= 0.3 is 12.0 Å². The molecular weight excluding hydrogens is 270 g/mol. The second-order valence-electron chi connectivity index (χ2n) is 5.99. The van der Waals surface area contributed by atoms with Gasteiger partial charge in [0.1, 0.15) is 0 Å². The lowest BCUT2D eigenvalue weighted by atomic mass is 10.1. The second kappa shape index (κ2) is 8.87. The van der Waals surface area contributed by atoms with Crippen LogP contribution in [0.5, 0.6) is 0 Å². The number of carbonyl (C=O) groups excluding carboxylic acids is 1. The van der Waals surface area contributed by atoms with Crippen molar-refractivity contribution in [3.63, 3.8) is 0 Å². The lowest BCUT2D eigenvalue weighted by Gasteiger charge is -2.31. The number of carboxylic acid groups (broad SMARTS) is 1. The molecule has 0 radical (unpaired) electrons. The van der Waals surface area contributed by atoms with E-state index in [2.05, 4.69) is 10.2 Å². The zero-order valence-electron chi connectivity index (χ0n) is 13.5. The third kappa shape index (κ3) is 6.33. The zero-order valence-corrected chi connectivity index (χ0v) is 13.5. The van der Waals surface area contributed by atoms with Crippen molar-refractivity contribution in [3.05, 3.63) is 0 Å². The van der Waals surface area contributed by atoms with Gasteiger partial charge in [0.15, 0.2) is 0 Å². The molecule has 122 valence electrons. The molecule has 6 heteroatoms. The largest absolute Gasteiger partial charge is 0.481 e. The lowest BCUT2D eigenvalue weighted by Crippen LogP contribution is -2.49. The summed E-state index contributed by atoms with van der Waals surface area (Å²) >= 11 is 0. The smallest absolute Gasteiger partial charge is 0.317 e. The van der Waals surface area contributed by atoms with Crippen molar-refractivity contribution in [3.8, 4) is 0 Å². The number of hydrogen-bond acceptors (Lipinski definition) is 3. The summed E-state index contributed by atoms with van der Waals surface area (Å²) in [5.74, 6) is -1.42. The van der Waals surface area contributed by atoms with Crippen LogP contribution < -0.4 is 5.32 Å². The number of amides is 2. The molecule has 2 atom stereocenters. The number of nitrogens with one attached hydrogen (secondary N) is 1. The van der Waals surface area contributed by atoms with Crippen LogP contribution in [-0.4, -0.2) is 65.7 Å². The quantitative estimate of drug-likeness (QED) is 0.749. The molecule has 21 heavy (non-hydrogen) atoms. The first-order valence-electron chi connectivity index (χ1n) is 7.94. The molecule has 1 aliphatic heterocycles. The van der Waals surface area contributed by atoms with Gasteiger partial charge in [-0.3, -0.25) is 4.79 Å². The normalized spacial score (nSPS) is 18.8. The van der Waals surface area contributed by atoms with E-state index in [1.807, 2.05) is 13.8 Å². The van der Waals surface area contributed by atoms with Crippen molar-refractivity contribution in [1.29, 1.82) is 0 Å². The summed E-state index contributed by atoms with van der Waals surface area (Å²) in [6, 6.07) is -0.0973. The highest BCUT2D eigenvalue weighted by molar-refractivity contribution is 5.76. The highest BCUT2D eigenvalue weighted by Crippen LogP contribution is 2.09. The third-order valence-electron chi connectivity index (χ3n) is 3.94. The Bertz CT molecular complexity index is 343. The van der Waals surface area contributed by atoms with E-state index >= 15 is 0 Å². The standard InChI is InChI=1S/C15H29N3O3/c1-4-18(10-12(2)14(19)20)15(21)16-13(3)11-17-8-6-5-7-9-17/h12-13H,4-11H2,1-3H3,(H,16,21)(H,19,20). The minimum atomic E-state index is -0.873. The summed E-state index contributed by atoms with van der Waals surface area (Å²) in [7, 11) is 0. The molecule has 2 amide bonds. The number of piperidine rings is 1. The molecule has 1 heterocycles. The monoisotopic (exact) mass is 299 g/mol. The first-order chi connectivity index (χ1) is 9.93. The van der Waals surface area contributed by atoms with Gasteiger partial charge in [0.2, 0.25) is 0 Å². The average molecular weight is 299 g/mol. The highest BCUT2D eigenvalue weighted by atomic mass is 16.4. The summed E-state index contributed by atoms with van der Waals surface area (Å²) in [6.45, 7) is 9.31. The minimum absolute atomic E-state index is 0.0739. The Balaban J connectivity index is 2.39. The highest BCUT2D eigenvalue weighted by Gasteiger charge is 2.21. The van der Waals surface area contributed by atoms with E-state index in [1.165, 1.54) is 19.3 Å². The van der Waals surface area contributed by atoms with E-state index in [9.17, 15) is 9.59 Å². The maximum Gasteiger partial charge on any atom is 0.317 e. The lowest BCUT2D eigenvalue weighted by molar-refractivity contribution is -0.141. The second-order valence-corrected chi connectivity index (χ2v) is 5.99. The summed E-state index contributed by atoms with van der Waals surface area (Å²) in [5, 5.41) is 11.9. The molecule has 1 fully saturated rings. The predicted molar refractivity (Wildman–Crippen MR) is 82.3 cm³/mol. The van der Waals surface area contributed by atoms with Gasteiger partial charge < -0.3 is 20.2 Å². The van der Waals surface area contributed by atoms with Crippen LogP contribution in [0.15, 0.2) is 0 Å². The Hall–Kier alpha value is -1.30. The van der Waals surface area contributed by atoms with Crippen LogP contribution in [0.4, 0.5) is 4.79 Å². The van der Waals surface area contributed by atoms with Crippen LogP contribution in [0, 0.1) is 5.92 Å². The first kappa shape index (κ1) is 17.8. The van der Waals surface area contributed by atoms with Crippen molar-refractivity contribution in [2.24, 2.45) is 5.92 Å². The number of likely N-dealkylation sites (tertiary alicyclic amines) is 1. The van der Waals surface area contributed by atoms with Gasteiger partial charge in [0.05, 0.1) is 5.92 Å². The molecule has 0 aliphatic carbocycles. The van der Waals surface area contributed by atoms with Gasteiger partial charge in [-0.25, -0.2) is 4.79 Å². The van der Waals surface area contributed by atoms with Gasteiger partial charge in [0.25, 0.3) is 0 Å². The van der Waals surface area contributed by atoms with Crippen LogP contribution in [0.25, 0.3) is 0 Å². The Labute approximate surface area is 127 Å². The Morgan fingerprint density at radius 3 is 2.38 bits per heavy atom. The van der Waals surface area contributed by atoms with E-state index in [-0.39, 0.29) is 18.6 Å². The zero-order chi connectivity index (χ0) is 15.8. The van der Waals surface area contributed by atoms with Crippen molar-refractivity contribution >= 4 is 12.0 Å². The van der Waals surface area contributed by atoms with Gasteiger partial charge in [-0.05, 0) is 39.8 Å². The van der Waals surface area contributed by atoms with E-state index in [4.69, 9.17) is 5.11 Å². The van der Waals surface area contributed by atoms with Gasteiger partial charge in [-0.15, -0.1) is 0 Å². The molecule has 0 aromatic heterocycles. The number of hydrogen-bond donors (Lipinski definition) is 2. The Morgan fingerprint density at radius 1 is 1.24 bits per heavy atom. The van der Waals surface area contributed by atoms with Crippen molar-refractivity contribution in [2.45, 2.75) is 46.1 Å². The molecule has 1 aliphatic rings. The van der Waals surface area contributed by atoms with Crippen LogP contribution in [0.1, 0.15) is 40.0 Å². The van der Waals surface area contributed by atoms with Crippen molar-refractivity contribution in [1.82, 2.24) is 15.1 Å². The van der Waals surface area contributed by atoms with E-state index in [1.54, 1.807) is 11.8 Å². The molecule has 0 saturated carbocycles. The summed E-state index contributed by atoms with van der Waals surface area (Å²) < 4.78 is 0. The number of urea groups is 1. The van der Waals surface area contributed by atoms with Gasteiger partial charge in [0, 0.05) is 25.7 Å². The fourth-order valence-electron chi connectivity index (χ4n) is 2.64. The number of rotatable bonds is 7. The molecule has 0 aromatic carbocycles. The number of carbonyl (C=O) groups is 2. The molecule has 1 saturated heterocycles. The average Bonchev–Trinajstić information content (AvgIpc) is 2.44. The SMILES string of the molecule is CCN(CC(C)C(=O)O)C(=O)NC(C)CN1CCCCC1. The van der Waals surface area contributed by atoms with Crippen LogP contribution in [0.2, 0.25) is 0 Å². The summed E-state index contributed by atoms with van der Waals surface area (Å²) in [5.41, 5.74) is 0. The molecule has 2 N–H and O–H groups in total. The third-order valence-corrected chi connectivity index (χ3v) is 3.94. The van der Waals surface area contributed by atoms with Crippen molar-refractivity contribution < 1.29 is 14.7 Å². The molecule has 0 aromatic rings. The maximum atomic E-state index is 12.2. The minimum Gasteiger partial charge on any atom is -0.481 e. The van der Waals surface area contributed by atoms with Crippen LogP contribution >= 0.6 is 0 Å². The number of carboxylic acids is 1. The molecule has 0 spiro atoms. The fourth-order valence-corrected chi connectivity index (χ4v) is 2.64. The van der Waals surface area contributed by atoms with Gasteiger partial charge in [-0.2, -0.15) is 0 Å². The number of nitrogens with zero attached hydrogens (tertiary/aromatic N) is 2. The maximum absolute atomic E-state index is 12.2. The van der Waals surface area contributed by atoms with E-state index in [0.29, 0.717) is 6.54 Å². The molecule has 2 unspecified atom stereocenters. The molecule has 6 nitrogen and oxygen atoms in total. The molecule has 0 bridgehead atoms. The molecule has 1 rings (SSSR count). The van der Waals surface area contributed by atoms with Crippen LogP contribution in [-0.2, 0) is 4.79 Å². The molecular formula is C15H29N3O3. The Kier molecular flexibility index (Phi) is 7.50. The van der Waals surface area contributed by atoms with Crippen molar-refractivity contribution in [2.75, 3.05) is 32.7 Å². The summed E-state index contributed by atoms with van der Waals surface area (Å²) in [4.78, 5) is 27.0. The Morgan fingerprint density at radius 2 is 1.86 bits per heavy atom. The van der Waals surface area contributed by atoms with E-state index < -0.39 is 11.9 Å². The van der Waals surface area contributed by atoms with E-state index in [0.717, 1.165) is 19.6 Å². The summed E-state index contributed by atoms with van der Waals surface area (Å²) in [6.07, 6.45) is 3.77. The topological polar surface area (TPSA) is 72.9 Å².